The van der Waals surface area contributed by atoms with Crippen molar-refractivity contribution < 1.29 is 4.79 Å². The summed E-state index contributed by atoms with van der Waals surface area (Å²) >= 11 is 12.4. The third kappa shape index (κ3) is 4.74. The van der Waals surface area contributed by atoms with Crippen molar-refractivity contribution in [1.29, 1.82) is 0 Å². The topological polar surface area (TPSA) is 59.0 Å². The Morgan fingerprint density at radius 2 is 1.90 bits per heavy atom. The number of carbonyl (C=O) groups is 1. The highest BCUT2D eigenvalue weighted by Crippen LogP contribution is 2.43. The first kappa shape index (κ1) is 19.8. The number of rotatable bonds is 8. The summed E-state index contributed by atoms with van der Waals surface area (Å²) in [4.78, 5) is 12.8. The molecule has 3 aromatic rings. The van der Waals surface area contributed by atoms with E-state index in [1.165, 1.54) is 0 Å². The van der Waals surface area contributed by atoms with Gasteiger partial charge in [-0.3, -0.25) is 4.79 Å². The van der Waals surface area contributed by atoms with Crippen LogP contribution in [0.2, 0.25) is 10.0 Å². The van der Waals surface area contributed by atoms with Gasteiger partial charge in [-0.1, -0.05) is 41.4 Å². The molecule has 29 heavy (non-hydrogen) atoms. The largest absolute Gasteiger partial charge is 0.385 e. The highest BCUT2D eigenvalue weighted by molar-refractivity contribution is 6.35. The van der Waals surface area contributed by atoms with E-state index in [1.54, 1.807) is 23.0 Å². The van der Waals surface area contributed by atoms with Crippen molar-refractivity contribution in [2.45, 2.75) is 25.2 Å². The Bertz CT molecular complexity index is 999. The molecule has 1 aliphatic rings. The average molecular weight is 429 g/mol. The summed E-state index contributed by atoms with van der Waals surface area (Å²) in [5.74, 6) is 0.243. The monoisotopic (exact) mass is 428 g/mol. The van der Waals surface area contributed by atoms with Crippen LogP contribution in [0.3, 0.4) is 0 Å². The lowest BCUT2D eigenvalue weighted by atomic mass is 10.1. The van der Waals surface area contributed by atoms with Crippen LogP contribution in [0.5, 0.6) is 0 Å². The molecule has 1 fully saturated rings. The summed E-state index contributed by atoms with van der Waals surface area (Å²) in [6.45, 7) is 1.38. The molecular weight excluding hydrogens is 407 g/mol. The minimum absolute atomic E-state index is 0.0945. The molecule has 1 aliphatic carbocycles. The number of halogens is 2. The highest BCUT2D eigenvalue weighted by atomic mass is 35.5. The number of amides is 1. The van der Waals surface area contributed by atoms with Crippen LogP contribution in [0.1, 0.15) is 41.2 Å². The minimum Gasteiger partial charge on any atom is -0.385 e. The fraction of sp³-hybridized carbons (Fsp3) is 0.273. The average Bonchev–Trinajstić information content (AvgIpc) is 3.47. The predicted octanol–water partition coefficient (Wildman–Crippen LogP) is 5.29. The Balaban J connectivity index is 1.40. The number of aromatic nitrogens is 2. The molecular formula is C22H22Cl2N4O. The predicted molar refractivity (Wildman–Crippen MR) is 117 cm³/mol. The first-order valence-corrected chi connectivity index (χ1v) is 10.5. The second kappa shape index (κ2) is 8.89. The SMILES string of the molecule is O=C(NCCCNc1ccccc1)c1cnn(-c2ccc(Cl)cc2Cl)c1C1CC1. The number of anilines is 1. The molecule has 1 amide bonds. The van der Waals surface area contributed by atoms with Gasteiger partial charge in [0.2, 0.25) is 0 Å². The molecule has 150 valence electrons. The normalized spacial score (nSPS) is 13.3. The van der Waals surface area contributed by atoms with E-state index in [0.717, 1.165) is 42.9 Å². The molecule has 0 aliphatic heterocycles. The van der Waals surface area contributed by atoms with E-state index in [4.69, 9.17) is 23.2 Å². The summed E-state index contributed by atoms with van der Waals surface area (Å²) in [6, 6.07) is 15.3. The molecule has 0 saturated heterocycles. The van der Waals surface area contributed by atoms with Crippen LogP contribution in [0, 0.1) is 0 Å². The van der Waals surface area contributed by atoms with Crippen LogP contribution in [0.4, 0.5) is 5.69 Å². The molecule has 4 rings (SSSR count). The van der Waals surface area contributed by atoms with Gasteiger partial charge in [-0.25, -0.2) is 4.68 Å². The molecule has 0 atom stereocenters. The van der Waals surface area contributed by atoms with Crippen LogP contribution in [0.25, 0.3) is 5.69 Å². The van der Waals surface area contributed by atoms with Crippen molar-refractivity contribution in [2.75, 3.05) is 18.4 Å². The van der Waals surface area contributed by atoms with E-state index in [0.29, 0.717) is 28.1 Å². The van der Waals surface area contributed by atoms with Gasteiger partial charge in [0.25, 0.3) is 5.91 Å². The Morgan fingerprint density at radius 3 is 2.62 bits per heavy atom. The zero-order valence-electron chi connectivity index (χ0n) is 15.9. The summed E-state index contributed by atoms with van der Waals surface area (Å²) in [5.41, 5.74) is 3.36. The number of carbonyl (C=O) groups excluding carboxylic acids is 1. The Labute approximate surface area is 180 Å². The second-order valence-electron chi connectivity index (χ2n) is 7.13. The van der Waals surface area contributed by atoms with Gasteiger partial charge in [0.1, 0.15) is 0 Å². The van der Waals surface area contributed by atoms with Gasteiger partial charge in [-0.05, 0) is 49.6 Å². The van der Waals surface area contributed by atoms with E-state index in [9.17, 15) is 4.79 Å². The minimum atomic E-state index is -0.0945. The number of nitrogens with one attached hydrogen (secondary N) is 2. The van der Waals surface area contributed by atoms with Crippen molar-refractivity contribution in [2.24, 2.45) is 0 Å². The van der Waals surface area contributed by atoms with E-state index in [1.807, 2.05) is 36.4 Å². The van der Waals surface area contributed by atoms with Crippen LogP contribution in [0.15, 0.2) is 54.7 Å². The molecule has 0 bridgehead atoms. The summed E-state index contributed by atoms with van der Waals surface area (Å²) in [7, 11) is 0. The lowest BCUT2D eigenvalue weighted by Gasteiger charge is -2.11. The Hall–Kier alpha value is -2.50. The maximum absolute atomic E-state index is 12.8. The van der Waals surface area contributed by atoms with E-state index in [-0.39, 0.29) is 5.91 Å². The highest BCUT2D eigenvalue weighted by Gasteiger charge is 2.33. The summed E-state index contributed by atoms with van der Waals surface area (Å²) in [5, 5.41) is 11.9. The van der Waals surface area contributed by atoms with Crippen molar-refractivity contribution in [3.8, 4) is 5.69 Å². The number of hydrogen-bond donors (Lipinski definition) is 2. The van der Waals surface area contributed by atoms with Gasteiger partial charge in [0.15, 0.2) is 0 Å². The lowest BCUT2D eigenvalue weighted by Crippen LogP contribution is -2.26. The third-order valence-corrected chi connectivity index (χ3v) is 5.43. The fourth-order valence-electron chi connectivity index (χ4n) is 3.30. The zero-order chi connectivity index (χ0) is 20.2. The third-order valence-electron chi connectivity index (χ3n) is 4.90. The molecule has 1 saturated carbocycles. The van der Waals surface area contributed by atoms with Crippen molar-refractivity contribution in [3.63, 3.8) is 0 Å². The van der Waals surface area contributed by atoms with Gasteiger partial charge in [-0.2, -0.15) is 5.10 Å². The number of hydrogen-bond acceptors (Lipinski definition) is 3. The molecule has 0 radical (unpaired) electrons. The van der Waals surface area contributed by atoms with Crippen molar-refractivity contribution >= 4 is 34.8 Å². The first-order valence-electron chi connectivity index (χ1n) is 9.74. The van der Waals surface area contributed by atoms with Gasteiger partial charge in [-0.15, -0.1) is 0 Å². The number of nitrogens with zero attached hydrogens (tertiary/aromatic N) is 2. The zero-order valence-corrected chi connectivity index (χ0v) is 17.4. The Kier molecular flexibility index (Phi) is 6.07. The quantitative estimate of drug-likeness (QED) is 0.479. The molecule has 2 N–H and O–H groups in total. The van der Waals surface area contributed by atoms with E-state index in [2.05, 4.69) is 15.7 Å². The molecule has 1 aromatic heterocycles. The van der Waals surface area contributed by atoms with Crippen molar-refractivity contribution in [1.82, 2.24) is 15.1 Å². The standard InChI is InChI=1S/C22H22Cl2N4O/c23-16-9-10-20(19(24)13-16)28-21(15-7-8-15)18(14-27-28)22(29)26-12-4-11-25-17-5-2-1-3-6-17/h1-3,5-6,9-10,13-15,25H,4,7-8,11-12H2,(H,26,29). The van der Waals surface area contributed by atoms with Crippen LogP contribution >= 0.6 is 23.2 Å². The lowest BCUT2D eigenvalue weighted by molar-refractivity contribution is 0.0952. The molecule has 0 spiro atoms. The number of para-hydroxylation sites is 1. The fourth-order valence-corrected chi connectivity index (χ4v) is 3.79. The molecule has 7 heteroatoms. The molecule has 0 unspecified atom stereocenters. The summed E-state index contributed by atoms with van der Waals surface area (Å²) in [6.07, 6.45) is 4.57. The van der Waals surface area contributed by atoms with Gasteiger partial charge < -0.3 is 10.6 Å². The van der Waals surface area contributed by atoms with Gasteiger partial charge >= 0.3 is 0 Å². The molecule has 1 heterocycles. The van der Waals surface area contributed by atoms with Crippen LogP contribution in [-0.4, -0.2) is 28.8 Å². The van der Waals surface area contributed by atoms with Crippen LogP contribution in [-0.2, 0) is 0 Å². The smallest absolute Gasteiger partial charge is 0.254 e. The van der Waals surface area contributed by atoms with E-state index >= 15 is 0 Å². The van der Waals surface area contributed by atoms with E-state index < -0.39 is 0 Å². The maximum atomic E-state index is 12.8. The molecule has 5 nitrogen and oxygen atoms in total. The van der Waals surface area contributed by atoms with Crippen molar-refractivity contribution in [3.05, 3.63) is 76.0 Å². The van der Waals surface area contributed by atoms with Gasteiger partial charge in [0, 0.05) is 29.7 Å². The molecule has 2 aromatic carbocycles. The van der Waals surface area contributed by atoms with Crippen LogP contribution < -0.4 is 10.6 Å². The Morgan fingerprint density at radius 1 is 1.10 bits per heavy atom. The maximum Gasteiger partial charge on any atom is 0.254 e. The first-order chi connectivity index (χ1) is 14.1. The number of benzene rings is 2. The summed E-state index contributed by atoms with van der Waals surface area (Å²) < 4.78 is 1.78. The second-order valence-corrected chi connectivity index (χ2v) is 7.97. The van der Waals surface area contributed by atoms with Gasteiger partial charge in [0.05, 0.1) is 28.2 Å².